The standard InChI is InChI=1S/C30H32N4O4S/c1-21-11-16-29(22(2)17-21)34-23(3)18-25(24(34)4)19-31-32-30(35)20-33(26-9-7-6-8-10-26)39(36,37)28-14-12-27(38-5)13-15-28/h6-19H,20H2,1-5H3,(H,32,35)/b31-19-. The smallest absolute Gasteiger partial charge is 0.264 e. The summed E-state index contributed by atoms with van der Waals surface area (Å²) in [6.07, 6.45) is 1.57. The highest BCUT2D eigenvalue weighted by molar-refractivity contribution is 7.92. The predicted molar refractivity (Wildman–Crippen MR) is 154 cm³/mol. The molecule has 1 aromatic heterocycles. The number of rotatable bonds is 9. The number of hydrogen-bond acceptors (Lipinski definition) is 5. The number of methoxy groups -OCH3 is 1. The van der Waals surface area contributed by atoms with E-state index in [1.54, 1.807) is 48.7 Å². The maximum Gasteiger partial charge on any atom is 0.264 e. The van der Waals surface area contributed by atoms with Gasteiger partial charge in [-0.1, -0.05) is 35.9 Å². The first-order valence-corrected chi connectivity index (χ1v) is 13.9. The number of para-hydroxylation sites is 1. The molecule has 1 N–H and O–H groups in total. The van der Waals surface area contributed by atoms with Crippen molar-refractivity contribution in [1.29, 1.82) is 0 Å². The summed E-state index contributed by atoms with van der Waals surface area (Å²) in [5.74, 6) is -0.0421. The number of ether oxygens (including phenoxy) is 1. The van der Waals surface area contributed by atoms with Gasteiger partial charge in [0.25, 0.3) is 15.9 Å². The minimum atomic E-state index is -4.04. The maximum atomic E-state index is 13.5. The highest BCUT2D eigenvalue weighted by Crippen LogP contribution is 2.25. The molecular formula is C30H32N4O4S. The Kier molecular flexibility index (Phi) is 8.21. The van der Waals surface area contributed by atoms with Crippen LogP contribution in [0.1, 0.15) is 28.1 Å². The number of hydrogen-bond donors (Lipinski definition) is 1. The van der Waals surface area contributed by atoms with Gasteiger partial charge >= 0.3 is 0 Å². The largest absolute Gasteiger partial charge is 0.497 e. The number of nitrogens with one attached hydrogen (secondary N) is 1. The highest BCUT2D eigenvalue weighted by Gasteiger charge is 2.27. The van der Waals surface area contributed by atoms with E-state index in [4.69, 9.17) is 4.74 Å². The first-order valence-electron chi connectivity index (χ1n) is 12.4. The zero-order valence-electron chi connectivity index (χ0n) is 22.7. The van der Waals surface area contributed by atoms with E-state index in [0.29, 0.717) is 11.4 Å². The Morgan fingerprint density at radius 3 is 2.31 bits per heavy atom. The van der Waals surface area contributed by atoms with Crippen LogP contribution in [0.2, 0.25) is 0 Å². The van der Waals surface area contributed by atoms with Gasteiger partial charge in [0.15, 0.2) is 0 Å². The molecule has 0 bridgehead atoms. The Hall–Kier alpha value is -4.37. The number of sulfonamides is 1. The molecule has 0 aliphatic rings. The normalized spacial score (nSPS) is 11.5. The second kappa shape index (κ2) is 11.6. The SMILES string of the molecule is COc1ccc(S(=O)(=O)N(CC(=O)N/N=C\c2cc(C)n(-c3ccc(C)cc3C)c2C)c2ccccc2)cc1. The lowest BCUT2D eigenvalue weighted by Gasteiger charge is -2.23. The summed E-state index contributed by atoms with van der Waals surface area (Å²) in [6, 6.07) is 22.8. The van der Waals surface area contributed by atoms with E-state index in [1.807, 2.05) is 19.9 Å². The zero-order chi connectivity index (χ0) is 28.2. The van der Waals surface area contributed by atoms with Gasteiger partial charge in [0, 0.05) is 22.6 Å². The molecular weight excluding hydrogens is 512 g/mol. The van der Waals surface area contributed by atoms with E-state index in [0.717, 1.165) is 32.5 Å². The molecule has 1 amide bonds. The fraction of sp³-hybridized carbons (Fsp3) is 0.200. The third kappa shape index (κ3) is 6.04. The molecule has 0 saturated carbocycles. The molecule has 0 fully saturated rings. The minimum absolute atomic E-state index is 0.0438. The van der Waals surface area contributed by atoms with Gasteiger partial charge in [-0.2, -0.15) is 5.10 Å². The van der Waals surface area contributed by atoms with Crippen LogP contribution in [0.5, 0.6) is 5.75 Å². The Labute approximate surface area is 229 Å². The number of aryl methyl sites for hydroxylation is 3. The molecule has 0 aliphatic carbocycles. The summed E-state index contributed by atoms with van der Waals surface area (Å²) in [5.41, 5.74) is 9.15. The summed E-state index contributed by atoms with van der Waals surface area (Å²) in [6.45, 7) is 7.71. The van der Waals surface area contributed by atoms with Crippen molar-refractivity contribution in [2.75, 3.05) is 18.0 Å². The van der Waals surface area contributed by atoms with E-state index >= 15 is 0 Å². The lowest BCUT2D eigenvalue weighted by Crippen LogP contribution is -2.39. The van der Waals surface area contributed by atoms with Crippen molar-refractivity contribution in [2.24, 2.45) is 5.10 Å². The Bertz CT molecular complexity index is 1610. The predicted octanol–water partition coefficient (Wildman–Crippen LogP) is 5.07. The minimum Gasteiger partial charge on any atom is -0.497 e. The molecule has 0 spiro atoms. The molecule has 39 heavy (non-hydrogen) atoms. The number of hydrazone groups is 1. The fourth-order valence-corrected chi connectivity index (χ4v) is 5.89. The van der Waals surface area contributed by atoms with Crippen LogP contribution in [0.4, 0.5) is 5.69 Å². The van der Waals surface area contributed by atoms with Gasteiger partial charge in [-0.15, -0.1) is 0 Å². The molecule has 0 radical (unpaired) electrons. The van der Waals surface area contributed by atoms with Crippen molar-refractivity contribution >= 4 is 27.8 Å². The van der Waals surface area contributed by atoms with Crippen LogP contribution in [0.15, 0.2) is 88.9 Å². The molecule has 202 valence electrons. The van der Waals surface area contributed by atoms with Crippen LogP contribution < -0.4 is 14.5 Å². The third-order valence-electron chi connectivity index (χ3n) is 6.44. The Balaban J connectivity index is 1.54. The van der Waals surface area contributed by atoms with Gasteiger partial charge in [-0.25, -0.2) is 13.8 Å². The summed E-state index contributed by atoms with van der Waals surface area (Å²) in [5, 5.41) is 4.14. The number of amides is 1. The quantitative estimate of drug-likeness (QED) is 0.235. The molecule has 1 heterocycles. The van der Waals surface area contributed by atoms with E-state index in [9.17, 15) is 13.2 Å². The monoisotopic (exact) mass is 544 g/mol. The summed E-state index contributed by atoms with van der Waals surface area (Å²) >= 11 is 0. The van der Waals surface area contributed by atoms with Crippen molar-refractivity contribution in [3.05, 3.63) is 107 Å². The molecule has 9 heteroatoms. The van der Waals surface area contributed by atoms with Crippen molar-refractivity contribution in [2.45, 2.75) is 32.6 Å². The topological polar surface area (TPSA) is 93.0 Å². The molecule has 8 nitrogen and oxygen atoms in total. The number of anilines is 1. The first-order chi connectivity index (χ1) is 18.6. The number of carbonyl (C=O) groups excluding carboxylic acids is 1. The Morgan fingerprint density at radius 1 is 0.974 bits per heavy atom. The van der Waals surface area contributed by atoms with Gasteiger partial charge in [-0.3, -0.25) is 9.10 Å². The first kappa shape index (κ1) is 27.7. The molecule has 0 unspecified atom stereocenters. The summed E-state index contributed by atoms with van der Waals surface area (Å²) in [4.78, 5) is 12.9. The second-order valence-corrected chi connectivity index (χ2v) is 11.1. The molecule has 0 atom stereocenters. The average molecular weight is 545 g/mol. The fourth-order valence-electron chi connectivity index (χ4n) is 4.47. The third-order valence-corrected chi connectivity index (χ3v) is 8.22. The van der Waals surface area contributed by atoms with Crippen molar-refractivity contribution in [3.8, 4) is 11.4 Å². The summed E-state index contributed by atoms with van der Waals surface area (Å²) < 4.78 is 35.3. The van der Waals surface area contributed by atoms with Crippen LogP contribution in [-0.2, 0) is 14.8 Å². The van der Waals surface area contributed by atoms with Crippen molar-refractivity contribution in [1.82, 2.24) is 9.99 Å². The summed E-state index contributed by atoms with van der Waals surface area (Å²) in [7, 11) is -2.53. The van der Waals surface area contributed by atoms with Gasteiger partial charge in [0.1, 0.15) is 12.3 Å². The van der Waals surface area contributed by atoms with Crippen LogP contribution in [-0.4, -0.2) is 38.8 Å². The maximum absolute atomic E-state index is 13.5. The zero-order valence-corrected chi connectivity index (χ0v) is 23.5. The van der Waals surface area contributed by atoms with Crippen LogP contribution in [0.25, 0.3) is 5.69 Å². The van der Waals surface area contributed by atoms with E-state index in [1.165, 1.54) is 24.8 Å². The van der Waals surface area contributed by atoms with Crippen LogP contribution >= 0.6 is 0 Å². The number of carbonyl (C=O) groups is 1. The van der Waals surface area contributed by atoms with Crippen LogP contribution in [0, 0.1) is 27.7 Å². The molecule has 0 saturated heterocycles. The molecule has 4 aromatic rings. The highest BCUT2D eigenvalue weighted by atomic mass is 32.2. The average Bonchev–Trinajstić information content (AvgIpc) is 3.20. The van der Waals surface area contributed by atoms with Gasteiger partial charge in [-0.05, 0) is 81.8 Å². The second-order valence-electron chi connectivity index (χ2n) is 9.27. The number of aromatic nitrogens is 1. The molecule has 0 aliphatic heterocycles. The lowest BCUT2D eigenvalue weighted by molar-refractivity contribution is -0.119. The van der Waals surface area contributed by atoms with Gasteiger partial charge in [0.05, 0.1) is 23.9 Å². The molecule has 3 aromatic carbocycles. The van der Waals surface area contributed by atoms with Crippen molar-refractivity contribution in [3.63, 3.8) is 0 Å². The van der Waals surface area contributed by atoms with Crippen molar-refractivity contribution < 1.29 is 17.9 Å². The van der Waals surface area contributed by atoms with Gasteiger partial charge < -0.3 is 9.30 Å². The van der Waals surface area contributed by atoms with Gasteiger partial charge in [0.2, 0.25) is 0 Å². The Morgan fingerprint density at radius 2 is 1.67 bits per heavy atom. The number of benzene rings is 3. The van der Waals surface area contributed by atoms with E-state index in [2.05, 4.69) is 47.1 Å². The van der Waals surface area contributed by atoms with E-state index in [-0.39, 0.29) is 4.90 Å². The lowest BCUT2D eigenvalue weighted by atomic mass is 10.1. The number of nitrogens with zero attached hydrogens (tertiary/aromatic N) is 3. The van der Waals surface area contributed by atoms with E-state index < -0.39 is 22.5 Å². The van der Waals surface area contributed by atoms with Crippen LogP contribution in [0.3, 0.4) is 0 Å². The molecule has 4 rings (SSSR count).